The van der Waals surface area contributed by atoms with Gasteiger partial charge in [-0.25, -0.2) is 5.43 Å². The lowest BCUT2D eigenvalue weighted by Crippen LogP contribution is -2.20. The van der Waals surface area contributed by atoms with Crippen molar-refractivity contribution < 1.29 is 9.90 Å². The van der Waals surface area contributed by atoms with Gasteiger partial charge in [0, 0.05) is 6.42 Å². The van der Waals surface area contributed by atoms with Gasteiger partial charge < -0.3 is 5.11 Å². The summed E-state index contributed by atoms with van der Waals surface area (Å²) in [5, 5.41) is 13.5. The van der Waals surface area contributed by atoms with Gasteiger partial charge in [-0.05, 0) is 48.2 Å². The molecule has 0 radical (unpaired) electrons. The summed E-state index contributed by atoms with van der Waals surface area (Å²) in [6, 6.07) is 16.7. The number of carbonyl (C=O) groups excluding carboxylic acids is 1. The Kier molecular flexibility index (Phi) is 5.72. The maximum absolute atomic E-state index is 11.9. The molecule has 0 aromatic heterocycles. The van der Waals surface area contributed by atoms with E-state index in [1.165, 1.54) is 0 Å². The maximum Gasteiger partial charge on any atom is 0.240 e. The third kappa shape index (κ3) is 4.74. The first kappa shape index (κ1) is 15.8. The normalized spacial score (nSPS) is 11.2. The van der Waals surface area contributed by atoms with E-state index in [4.69, 9.17) is 0 Å². The van der Waals surface area contributed by atoms with Gasteiger partial charge >= 0.3 is 0 Å². The highest BCUT2D eigenvalue weighted by Gasteiger charge is 2.04. The van der Waals surface area contributed by atoms with Crippen molar-refractivity contribution in [1.82, 2.24) is 5.43 Å². The number of aryl methyl sites for hydroxylation is 1. The Morgan fingerprint density at radius 1 is 1.09 bits per heavy atom. The largest absolute Gasteiger partial charge is 0.508 e. The van der Waals surface area contributed by atoms with Crippen molar-refractivity contribution in [2.75, 3.05) is 0 Å². The van der Waals surface area contributed by atoms with Gasteiger partial charge in [-0.1, -0.05) is 37.3 Å². The molecule has 0 saturated carbocycles. The summed E-state index contributed by atoms with van der Waals surface area (Å²) in [6.07, 6.45) is 1.80. The highest BCUT2D eigenvalue weighted by molar-refractivity contribution is 6.00. The highest BCUT2D eigenvalue weighted by Crippen LogP contribution is 2.11. The molecule has 0 aliphatic rings. The fraction of sp³-hybridized carbons (Fsp3) is 0.222. The zero-order chi connectivity index (χ0) is 15.8. The number of nitrogens with one attached hydrogen (secondary N) is 1. The van der Waals surface area contributed by atoms with Crippen molar-refractivity contribution in [3.8, 4) is 5.75 Å². The average molecular weight is 296 g/mol. The third-order valence-electron chi connectivity index (χ3n) is 3.33. The number of hydrogen-bond acceptors (Lipinski definition) is 3. The molecule has 2 aromatic carbocycles. The minimum Gasteiger partial charge on any atom is -0.508 e. The Hall–Kier alpha value is -2.62. The number of rotatable bonds is 6. The van der Waals surface area contributed by atoms with E-state index in [0.717, 1.165) is 16.8 Å². The molecule has 2 rings (SSSR count). The molecule has 0 spiro atoms. The van der Waals surface area contributed by atoms with E-state index >= 15 is 0 Å². The number of carbonyl (C=O) groups is 1. The van der Waals surface area contributed by atoms with Gasteiger partial charge in [0.1, 0.15) is 5.75 Å². The summed E-state index contributed by atoms with van der Waals surface area (Å²) in [5.41, 5.74) is 5.42. The van der Waals surface area contributed by atoms with Crippen molar-refractivity contribution >= 4 is 11.6 Å². The van der Waals surface area contributed by atoms with Crippen molar-refractivity contribution in [2.24, 2.45) is 5.10 Å². The lowest BCUT2D eigenvalue weighted by Gasteiger charge is -2.06. The van der Waals surface area contributed by atoms with Crippen LogP contribution < -0.4 is 5.43 Å². The molecule has 4 nitrogen and oxygen atoms in total. The van der Waals surface area contributed by atoms with Crippen molar-refractivity contribution in [3.05, 3.63) is 65.7 Å². The van der Waals surface area contributed by atoms with Crippen LogP contribution in [0.1, 0.15) is 30.9 Å². The van der Waals surface area contributed by atoms with E-state index in [0.29, 0.717) is 19.3 Å². The summed E-state index contributed by atoms with van der Waals surface area (Å²) in [6.45, 7) is 1.97. The molecular formula is C18H20N2O2. The van der Waals surface area contributed by atoms with Gasteiger partial charge in [0.25, 0.3) is 0 Å². The Balaban J connectivity index is 1.91. The quantitative estimate of drug-likeness (QED) is 0.635. The van der Waals surface area contributed by atoms with Gasteiger partial charge in [-0.2, -0.15) is 5.10 Å². The molecule has 4 heteroatoms. The van der Waals surface area contributed by atoms with Gasteiger partial charge in [-0.15, -0.1) is 0 Å². The van der Waals surface area contributed by atoms with E-state index in [-0.39, 0.29) is 11.7 Å². The topological polar surface area (TPSA) is 61.7 Å². The van der Waals surface area contributed by atoms with Crippen molar-refractivity contribution in [1.29, 1.82) is 0 Å². The van der Waals surface area contributed by atoms with Crippen LogP contribution in [-0.4, -0.2) is 16.7 Å². The molecule has 0 atom stereocenters. The smallest absolute Gasteiger partial charge is 0.240 e. The Morgan fingerprint density at radius 2 is 1.77 bits per heavy atom. The number of phenolic OH excluding ortho intramolecular Hbond substituents is 1. The van der Waals surface area contributed by atoms with Gasteiger partial charge in [-0.3, -0.25) is 4.79 Å². The zero-order valence-corrected chi connectivity index (χ0v) is 12.6. The molecule has 0 aliphatic carbocycles. The zero-order valence-electron chi connectivity index (χ0n) is 12.6. The molecule has 0 heterocycles. The summed E-state index contributed by atoms with van der Waals surface area (Å²) < 4.78 is 0. The fourth-order valence-electron chi connectivity index (χ4n) is 2.09. The van der Waals surface area contributed by atoms with Crippen LogP contribution in [0.4, 0.5) is 0 Å². The summed E-state index contributed by atoms with van der Waals surface area (Å²) in [7, 11) is 0. The van der Waals surface area contributed by atoms with Crippen LogP contribution in [0.2, 0.25) is 0 Å². The minimum atomic E-state index is -0.103. The predicted octanol–water partition coefficient (Wildman–Crippen LogP) is 3.26. The van der Waals surface area contributed by atoms with Crippen LogP contribution in [-0.2, 0) is 11.2 Å². The molecular weight excluding hydrogens is 276 g/mol. The van der Waals surface area contributed by atoms with Crippen LogP contribution in [0, 0.1) is 0 Å². The van der Waals surface area contributed by atoms with Crippen LogP contribution in [0.25, 0.3) is 0 Å². The molecule has 0 saturated heterocycles. The van der Waals surface area contributed by atoms with E-state index in [2.05, 4.69) is 10.5 Å². The molecule has 2 N–H and O–H groups in total. The molecule has 1 amide bonds. The standard InChI is InChI=1S/C18H20N2O2/c1-2-17(15-9-11-16(21)12-10-15)19-20-18(22)13-8-14-6-4-3-5-7-14/h3-7,9-12,21H,2,8,13H2,1H3,(H,20,22). The first-order valence-electron chi connectivity index (χ1n) is 7.37. The highest BCUT2D eigenvalue weighted by atomic mass is 16.3. The summed E-state index contributed by atoms with van der Waals surface area (Å²) in [4.78, 5) is 11.9. The lowest BCUT2D eigenvalue weighted by atomic mass is 10.1. The Bertz CT molecular complexity index is 634. The number of hydrogen-bond donors (Lipinski definition) is 2. The summed E-state index contributed by atoms with van der Waals surface area (Å²) >= 11 is 0. The van der Waals surface area contributed by atoms with Crippen molar-refractivity contribution in [3.63, 3.8) is 0 Å². The van der Waals surface area contributed by atoms with Crippen molar-refractivity contribution in [2.45, 2.75) is 26.2 Å². The predicted molar refractivity (Wildman–Crippen MR) is 87.8 cm³/mol. The molecule has 0 fully saturated rings. The van der Waals surface area contributed by atoms with Crippen LogP contribution >= 0.6 is 0 Å². The molecule has 0 bridgehead atoms. The van der Waals surface area contributed by atoms with E-state index < -0.39 is 0 Å². The lowest BCUT2D eigenvalue weighted by molar-refractivity contribution is -0.121. The Labute approximate surface area is 130 Å². The monoisotopic (exact) mass is 296 g/mol. The average Bonchev–Trinajstić information content (AvgIpc) is 2.56. The SMILES string of the molecule is CCC(=NNC(=O)CCc1ccccc1)c1ccc(O)cc1. The van der Waals surface area contributed by atoms with E-state index in [1.807, 2.05) is 37.3 Å². The molecule has 2 aromatic rings. The van der Waals surface area contributed by atoms with Gasteiger partial charge in [0.05, 0.1) is 5.71 Å². The number of amides is 1. The van der Waals surface area contributed by atoms with Gasteiger partial charge in [0.2, 0.25) is 5.91 Å². The molecule has 114 valence electrons. The number of benzene rings is 2. The number of phenols is 1. The number of aromatic hydroxyl groups is 1. The molecule has 22 heavy (non-hydrogen) atoms. The van der Waals surface area contributed by atoms with Crippen LogP contribution in [0.5, 0.6) is 5.75 Å². The third-order valence-corrected chi connectivity index (χ3v) is 3.33. The van der Waals surface area contributed by atoms with E-state index in [9.17, 15) is 9.90 Å². The minimum absolute atomic E-state index is 0.103. The first-order chi connectivity index (χ1) is 10.7. The maximum atomic E-state index is 11.9. The number of nitrogens with zero attached hydrogens (tertiary/aromatic N) is 1. The molecule has 0 unspecified atom stereocenters. The van der Waals surface area contributed by atoms with Crippen LogP contribution in [0.3, 0.4) is 0 Å². The Morgan fingerprint density at radius 3 is 2.41 bits per heavy atom. The van der Waals surface area contributed by atoms with Crippen LogP contribution in [0.15, 0.2) is 59.7 Å². The fourth-order valence-corrected chi connectivity index (χ4v) is 2.09. The first-order valence-corrected chi connectivity index (χ1v) is 7.37. The summed E-state index contributed by atoms with van der Waals surface area (Å²) in [5.74, 6) is 0.111. The van der Waals surface area contributed by atoms with E-state index in [1.54, 1.807) is 24.3 Å². The number of hydrazone groups is 1. The molecule has 0 aliphatic heterocycles. The second kappa shape index (κ2) is 7.98. The second-order valence-electron chi connectivity index (χ2n) is 4.98. The van der Waals surface area contributed by atoms with Gasteiger partial charge in [0.15, 0.2) is 0 Å². The second-order valence-corrected chi connectivity index (χ2v) is 4.98.